The van der Waals surface area contributed by atoms with Crippen molar-refractivity contribution in [2.75, 3.05) is 32.8 Å². The van der Waals surface area contributed by atoms with Gasteiger partial charge in [-0.2, -0.15) is 0 Å². The molecular weight excluding hydrogens is 200 g/mol. The molecule has 0 aliphatic carbocycles. The molecule has 0 radical (unpaired) electrons. The number of rotatable bonds is 4. The zero-order chi connectivity index (χ0) is 11.4. The summed E-state index contributed by atoms with van der Waals surface area (Å²) in [5.74, 6) is 0.881. The Morgan fingerprint density at radius 2 is 2.00 bits per heavy atom. The standard InChI is InChI=1S/C13H26N2O/c1-11(2)14-13-3-6-15(10-13)9-12-4-7-16-8-5-12/h11-14H,3-10H2,1-2H3. The highest BCUT2D eigenvalue weighted by atomic mass is 16.5. The molecule has 2 fully saturated rings. The second-order valence-electron chi connectivity index (χ2n) is 5.62. The van der Waals surface area contributed by atoms with E-state index < -0.39 is 0 Å². The summed E-state index contributed by atoms with van der Waals surface area (Å²) in [6, 6.07) is 1.34. The minimum atomic E-state index is 0.619. The molecule has 1 N–H and O–H groups in total. The van der Waals surface area contributed by atoms with Gasteiger partial charge in [0.1, 0.15) is 0 Å². The minimum absolute atomic E-state index is 0.619. The molecule has 2 saturated heterocycles. The van der Waals surface area contributed by atoms with Crippen LogP contribution in [0.2, 0.25) is 0 Å². The van der Waals surface area contributed by atoms with Crippen LogP contribution in [0.1, 0.15) is 33.1 Å². The van der Waals surface area contributed by atoms with Gasteiger partial charge in [0, 0.05) is 38.4 Å². The van der Waals surface area contributed by atoms with Gasteiger partial charge >= 0.3 is 0 Å². The van der Waals surface area contributed by atoms with Crippen LogP contribution in [0.15, 0.2) is 0 Å². The topological polar surface area (TPSA) is 24.5 Å². The molecule has 3 nitrogen and oxygen atoms in total. The molecule has 2 rings (SSSR count). The van der Waals surface area contributed by atoms with E-state index >= 15 is 0 Å². The summed E-state index contributed by atoms with van der Waals surface area (Å²) < 4.78 is 5.41. The van der Waals surface area contributed by atoms with E-state index in [4.69, 9.17) is 4.74 Å². The van der Waals surface area contributed by atoms with E-state index in [0.717, 1.165) is 25.2 Å². The molecule has 1 atom stereocenters. The molecule has 0 saturated carbocycles. The van der Waals surface area contributed by atoms with Gasteiger partial charge in [0.25, 0.3) is 0 Å². The van der Waals surface area contributed by atoms with E-state index in [0.29, 0.717) is 6.04 Å². The van der Waals surface area contributed by atoms with Gasteiger partial charge in [-0.25, -0.2) is 0 Å². The van der Waals surface area contributed by atoms with Crippen molar-refractivity contribution in [1.82, 2.24) is 10.2 Å². The molecule has 0 aromatic heterocycles. The summed E-state index contributed by atoms with van der Waals surface area (Å²) in [6.07, 6.45) is 3.85. The Morgan fingerprint density at radius 1 is 1.25 bits per heavy atom. The Hall–Kier alpha value is -0.120. The van der Waals surface area contributed by atoms with E-state index in [1.54, 1.807) is 0 Å². The lowest BCUT2D eigenvalue weighted by Crippen LogP contribution is -2.38. The molecule has 0 amide bonds. The van der Waals surface area contributed by atoms with E-state index in [1.165, 1.54) is 38.9 Å². The predicted molar refractivity (Wildman–Crippen MR) is 66.7 cm³/mol. The number of nitrogens with zero attached hydrogens (tertiary/aromatic N) is 1. The van der Waals surface area contributed by atoms with Crippen LogP contribution in [0.25, 0.3) is 0 Å². The maximum atomic E-state index is 5.41. The zero-order valence-electron chi connectivity index (χ0n) is 10.7. The lowest BCUT2D eigenvalue weighted by atomic mass is 10.00. The molecule has 0 aromatic carbocycles. The first kappa shape index (κ1) is 12.3. The SMILES string of the molecule is CC(C)NC1CCN(CC2CCOCC2)C1. The molecule has 0 aromatic rings. The first-order chi connectivity index (χ1) is 7.74. The summed E-state index contributed by atoms with van der Waals surface area (Å²) >= 11 is 0. The van der Waals surface area contributed by atoms with Crippen molar-refractivity contribution in [2.45, 2.75) is 45.2 Å². The molecule has 16 heavy (non-hydrogen) atoms. The van der Waals surface area contributed by atoms with Crippen LogP contribution in [0, 0.1) is 5.92 Å². The summed E-state index contributed by atoms with van der Waals surface area (Å²) in [7, 11) is 0. The summed E-state index contributed by atoms with van der Waals surface area (Å²) in [6.45, 7) is 10.2. The Bertz CT molecular complexity index is 202. The molecule has 3 heteroatoms. The largest absolute Gasteiger partial charge is 0.381 e. The maximum absolute atomic E-state index is 5.41. The molecule has 2 heterocycles. The molecule has 2 aliphatic rings. The van der Waals surface area contributed by atoms with Crippen LogP contribution in [-0.2, 0) is 4.74 Å². The Labute approximate surface area is 99.5 Å². The first-order valence-electron chi connectivity index (χ1n) is 6.80. The Morgan fingerprint density at radius 3 is 2.69 bits per heavy atom. The lowest BCUT2D eigenvalue weighted by Gasteiger charge is -2.27. The second kappa shape index (κ2) is 5.99. The van der Waals surface area contributed by atoms with Crippen LogP contribution in [0.3, 0.4) is 0 Å². The minimum Gasteiger partial charge on any atom is -0.381 e. The monoisotopic (exact) mass is 226 g/mol. The molecule has 94 valence electrons. The summed E-state index contributed by atoms with van der Waals surface area (Å²) in [4.78, 5) is 2.63. The van der Waals surface area contributed by atoms with Crippen molar-refractivity contribution in [3.8, 4) is 0 Å². The van der Waals surface area contributed by atoms with Crippen LogP contribution in [-0.4, -0.2) is 49.8 Å². The molecule has 2 aliphatic heterocycles. The van der Waals surface area contributed by atoms with Crippen LogP contribution in [0.4, 0.5) is 0 Å². The fourth-order valence-corrected chi connectivity index (χ4v) is 2.90. The van der Waals surface area contributed by atoms with Crippen LogP contribution < -0.4 is 5.32 Å². The number of ether oxygens (including phenoxy) is 1. The van der Waals surface area contributed by atoms with E-state index in [-0.39, 0.29) is 0 Å². The van der Waals surface area contributed by atoms with Crippen molar-refractivity contribution >= 4 is 0 Å². The lowest BCUT2D eigenvalue weighted by molar-refractivity contribution is 0.0552. The van der Waals surface area contributed by atoms with Gasteiger partial charge in [-0.05, 0) is 31.7 Å². The van der Waals surface area contributed by atoms with E-state index in [2.05, 4.69) is 24.1 Å². The van der Waals surface area contributed by atoms with Gasteiger partial charge in [0.2, 0.25) is 0 Å². The van der Waals surface area contributed by atoms with Crippen molar-refractivity contribution in [3.63, 3.8) is 0 Å². The molecule has 0 bridgehead atoms. The van der Waals surface area contributed by atoms with E-state index in [1.807, 2.05) is 0 Å². The van der Waals surface area contributed by atoms with Gasteiger partial charge < -0.3 is 15.0 Å². The molecule has 0 spiro atoms. The third kappa shape index (κ3) is 3.72. The number of hydrogen-bond donors (Lipinski definition) is 1. The Balaban J connectivity index is 1.67. The molecular formula is C13H26N2O. The fourth-order valence-electron chi connectivity index (χ4n) is 2.90. The van der Waals surface area contributed by atoms with Crippen molar-refractivity contribution in [1.29, 1.82) is 0 Å². The second-order valence-corrected chi connectivity index (χ2v) is 5.62. The number of hydrogen-bond acceptors (Lipinski definition) is 3. The van der Waals surface area contributed by atoms with Crippen molar-refractivity contribution in [2.24, 2.45) is 5.92 Å². The highest BCUT2D eigenvalue weighted by Crippen LogP contribution is 2.19. The number of likely N-dealkylation sites (tertiary alicyclic amines) is 1. The van der Waals surface area contributed by atoms with Gasteiger partial charge in [-0.1, -0.05) is 13.8 Å². The zero-order valence-corrected chi connectivity index (χ0v) is 10.7. The molecule has 1 unspecified atom stereocenters. The van der Waals surface area contributed by atoms with Crippen LogP contribution >= 0.6 is 0 Å². The highest BCUT2D eigenvalue weighted by Gasteiger charge is 2.25. The first-order valence-corrected chi connectivity index (χ1v) is 6.80. The van der Waals surface area contributed by atoms with Gasteiger partial charge in [-0.15, -0.1) is 0 Å². The quantitative estimate of drug-likeness (QED) is 0.786. The maximum Gasteiger partial charge on any atom is 0.0469 e. The normalized spacial score (nSPS) is 29.1. The summed E-state index contributed by atoms with van der Waals surface area (Å²) in [5, 5.41) is 3.64. The smallest absolute Gasteiger partial charge is 0.0469 e. The third-order valence-electron chi connectivity index (χ3n) is 3.70. The van der Waals surface area contributed by atoms with Gasteiger partial charge in [0.05, 0.1) is 0 Å². The third-order valence-corrected chi connectivity index (χ3v) is 3.70. The van der Waals surface area contributed by atoms with Crippen molar-refractivity contribution in [3.05, 3.63) is 0 Å². The summed E-state index contributed by atoms with van der Waals surface area (Å²) in [5.41, 5.74) is 0. The van der Waals surface area contributed by atoms with E-state index in [9.17, 15) is 0 Å². The van der Waals surface area contributed by atoms with Gasteiger partial charge in [0.15, 0.2) is 0 Å². The fraction of sp³-hybridized carbons (Fsp3) is 1.00. The predicted octanol–water partition coefficient (Wildman–Crippen LogP) is 1.49. The Kier molecular flexibility index (Phi) is 4.62. The average Bonchev–Trinajstić information content (AvgIpc) is 2.66. The van der Waals surface area contributed by atoms with Crippen molar-refractivity contribution < 1.29 is 4.74 Å². The average molecular weight is 226 g/mol. The number of nitrogens with one attached hydrogen (secondary N) is 1. The van der Waals surface area contributed by atoms with Crippen LogP contribution in [0.5, 0.6) is 0 Å². The van der Waals surface area contributed by atoms with Gasteiger partial charge in [-0.3, -0.25) is 0 Å². The highest BCUT2D eigenvalue weighted by molar-refractivity contribution is 4.83.